The first-order chi connectivity index (χ1) is 12.5. The molecule has 1 atom stereocenters. The average molecular weight is 390 g/mol. The summed E-state index contributed by atoms with van der Waals surface area (Å²) in [5, 5.41) is 2.99. The monoisotopic (exact) mass is 389 g/mol. The van der Waals surface area contributed by atoms with E-state index < -0.39 is 10.2 Å². The molecular weight excluding hydrogens is 362 g/mol. The molecule has 0 saturated carbocycles. The Morgan fingerprint density at radius 2 is 1.59 bits per heavy atom. The van der Waals surface area contributed by atoms with Crippen molar-refractivity contribution in [2.75, 3.05) is 25.4 Å². The number of hydrogen-bond donors (Lipinski definition) is 1. The molecular formula is C20H27N3O3S. The number of hydrogen-bond acceptors (Lipinski definition) is 3. The smallest absolute Gasteiger partial charge is 0.303 e. The van der Waals surface area contributed by atoms with Crippen molar-refractivity contribution in [1.29, 1.82) is 0 Å². The predicted molar refractivity (Wildman–Crippen MR) is 109 cm³/mol. The maximum Gasteiger partial charge on any atom is 0.303 e. The zero-order chi connectivity index (χ0) is 20.4. The van der Waals surface area contributed by atoms with Crippen molar-refractivity contribution in [2.45, 2.75) is 26.8 Å². The predicted octanol–water partition coefficient (Wildman–Crippen LogP) is 3.04. The zero-order valence-electron chi connectivity index (χ0n) is 16.6. The molecule has 0 radical (unpaired) electrons. The fourth-order valence-electron chi connectivity index (χ4n) is 2.87. The lowest BCUT2D eigenvalue weighted by Crippen LogP contribution is -2.37. The fraction of sp³-hybridized carbons (Fsp3) is 0.350. The van der Waals surface area contributed by atoms with Crippen molar-refractivity contribution in [2.24, 2.45) is 0 Å². The van der Waals surface area contributed by atoms with Gasteiger partial charge in [-0.1, -0.05) is 23.8 Å². The van der Waals surface area contributed by atoms with Gasteiger partial charge in [-0.25, -0.2) is 0 Å². The SMILES string of the molecule is Cc1ccc([C@@H](C)NC(=O)c2ccc(N(C)S(=O)(=O)N(C)C)cc2)c(C)c1. The summed E-state index contributed by atoms with van der Waals surface area (Å²) in [6.45, 7) is 6.01. The standard InChI is InChI=1S/C20H27N3O3S/c1-14-7-12-19(15(2)13-14)16(3)21-20(24)17-8-10-18(11-9-17)23(6)27(25,26)22(4)5/h7-13,16H,1-6H3,(H,21,24)/t16-/m1/s1. The maximum absolute atomic E-state index is 12.5. The quantitative estimate of drug-likeness (QED) is 0.826. The second kappa shape index (κ2) is 8.10. The minimum absolute atomic E-state index is 0.130. The van der Waals surface area contributed by atoms with Gasteiger partial charge in [0.05, 0.1) is 11.7 Å². The Balaban J connectivity index is 2.14. The molecule has 0 bridgehead atoms. The highest BCUT2D eigenvalue weighted by atomic mass is 32.2. The zero-order valence-corrected chi connectivity index (χ0v) is 17.5. The van der Waals surface area contributed by atoms with Crippen LogP contribution in [0.1, 0.15) is 40.0 Å². The first-order valence-electron chi connectivity index (χ1n) is 8.68. The molecule has 0 fully saturated rings. The van der Waals surface area contributed by atoms with E-state index in [-0.39, 0.29) is 11.9 Å². The Kier molecular flexibility index (Phi) is 6.28. The normalized spacial score (nSPS) is 12.7. The van der Waals surface area contributed by atoms with E-state index in [2.05, 4.69) is 11.4 Å². The van der Waals surface area contributed by atoms with E-state index >= 15 is 0 Å². The van der Waals surface area contributed by atoms with Gasteiger partial charge >= 0.3 is 10.2 Å². The Morgan fingerprint density at radius 1 is 1.00 bits per heavy atom. The van der Waals surface area contributed by atoms with Crippen molar-refractivity contribution in [1.82, 2.24) is 9.62 Å². The molecule has 0 aromatic heterocycles. The third-order valence-corrected chi connectivity index (χ3v) is 6.37. The van der Waals surface area contributed by atoms with Gasteiger partial charge < -0.3 is 5.32 Å². The summed E-state index contributed by atoms with van der Waals surface area (Å²) >= 11 is 0. The van der Waals surface area contributed by atoms with Crippen LogP contribution in [0, 0.1) is 13.8 Å². The molecule has 27 heavy (non-hydrogen) atoms. The molecule has 2 rings (SSSR count). The molecule has 7 heteroatoms. The highest BCUT2D eigenvalue weighted by Gasteiger charge is 2.21. The molecule has 2 aromatic carbocycles. The highest BCUT2D eigenvalue weighted by Crippen LogP contribution is 2.21. The molecule has 2 aromatic rings. The third-order valence-electron chi connectivity index (χ3n) is 4.54. The summed E-state index contributed by atoms with van der Waals surface area (Å²) in [5.74, 6) is -0.202. The largest absolute Gasteiger partial charge is 0.346 e. The van der Waals surface area contributed by atoms with Crippen molar-refractivity contribution < 1.29 is 13.2 Å². The molecule has 0 saturated heterocycles. The van der Waals surface area contributed by atoms with Crippen LogP contribution in [0.25, 0.3) is 0 Å². The van der Waals surface area contributed by atoms with E-state index in [1.54, 1.807) is 24.3 Å². The molecule has 1 N–H and O–H groups in total. The van der Waals surface area contributed by atoms with Gasteiger partial charge in [-0.3, -0.25) is 9.10 Å². The van der Waals surface area contributed by atoms with Crippen molar-refractivity contribution in [3.05, 3.63) is 64.7 Å². The van der Waals surface area contributed by atoms with Crippen LogP contribution in [0.5, 0.6) is 0 Å². The lowest BCUT2D eigenvalue weighted by atomic mass is 10.00. The Morgan fingerprint density at radius 3 is 2.11 bits per heavy atom. The summed E-state index contributed by atoms with van der Waals surface area (Å²) < 4.78 is 26.7. The van der Waals surface area contributed by atoms with Crippen LogP contribution >= 0.6 is 0 Å². The van der Waals surface area contributed by atoms with Gasteiger partial charge in [0, 0.05) is 26.7 Å². The molecule has 0 spiro atoms. The van der Waals surface area contributed by atoms with E-state index in [1.165, 1.54) is 31.0 Å². The van der Waals surface area contributed by atoms with Crippen LogP contribution < -0.4 is 9.62 Å². The van der Waals surface area contributed by atoms with Crippen LogP contribution in [0.3, 0.4) is 0 Å². The van der Waals surface area contributed by atoms with Gasteiger partial charge in [0.25, 0.3) is 5.91 Å². The van der Waals surface area contributed by atoms with Crippen LogP contribution in [-0.2, 0) is 10.2 Å². The van der Waals surface area contributed by atoms with E-state index in [4.69, 9.17) is 0 Å². The Labute approximate surface area is 162 Å². The average Bonchev–Trinajstić information content (AvgIpc) is 2.60. The number of benzene rings is 2. The van der Waals surface area contributed by atoms with E-state index in [0.29, 0.717) is 11.3 Å². The van der Waals surface area contributed by atoms with Crippen molar-refractivity contribution in [3.8, 4) is 0 Å². The number of carbonyl (C=O) groups is 1. The fourth-order valence-corrected chi connectivity index (χ4v) is 3.75. The third kappa shape index (κ3) is 4.67. The Hall–Kier alpha value is -2.38. The number of rotatable bonds is 6. The number of anilines is 1. The Bertz CT molecular complexity index is 922. The number of carbonyl (C=O) groups excluding carboxylic acids is 1. The second-order valence-corrected chi connectivity index (χ2v) is 9.03. The lowest BCUT2D eigenvalue weighted by Gasteiger charge is -2.23. The van der Waals surface area contributed by atoms with Crippen LogP contribution in [0.2, 0.25) is 0 Å². The number of nitrogens with one attached hydrogen (secondary N) is 1. The molecule has 146 valence electrons. The molecule has 1 amide bonds. The van der Waals surface area contributed by atoms with E-state index in [1.807, 2.05) is 32.9 Å². The van der Waals surface area contributed by atoms with E-state index in [0.717, 1.165) is 15.4 Å². The molecule has 0 unspecified atom stereocenters. The van der Waals surface area contributed by atoms with Crippen LogP contribution in [-0.4, -0.2) is 39.8 Å². The summed E-state index contributed by atoms with van der Waals surface area (Å²) in [6, 6.07) is 12.5. The maximum atomic E-state index is 12.5. The first-order valence-corrected chi connectivity index (χ1v) is 10.1. The summed E-state index contributed by atoms with van der Waals surface area (Å²) in [6.07, 6.45) is 0. The summed E-state index contributed by atoms with van der Waals surface area (Å²) in [4.78, 5) is 12.5. The van der Waals surface area contributed by atoms with Gasteiger partial charge in [-0.15, -0.1) is 0 Å². The number of amides is 1. The highest BCUT2D eigenvalue weighted by molar-refractivity contribution is 7.90. The van der Waals surface area contributed by atoms with Crippen molar-refractivity contribution in [3.63, 3.8) is 0 Å². The van der Waals surface area contributed by atoms with Crippen molar-refractivity contribution >= 4 is 21.8 Å². The summed E-state index contributed by atoms with van der Waals surface area (Å²) in [5.41, 5.74) is 4.35. The van der Waals surface area contributed by atoms with E-state index in [9.17, 15) is 13.2 Å². The minimum atomic E-state index is -3.56. The minimum Gasteiger partial charge on any atom is -0.346 e. The topological polar surface area (TPSA) is 69.7 Å². The molecule has 0 aliphatic rings. The molecule has 0 aliphatic carbocycles. The van der Waals surface area contributed by atoms with Crippen LogP contribution in [0.4, 0.5) is 5.69 Å². The first kappa shape index (κ1) is 20.9. The van der Waals surface area contributed by atoms with Gasteiger partial charge in [0.15, 0.2) is 0 Å². The molecule has 0 aliphatic heterocycles. The number of aryl methyl sites for hydroxylation is 2. The van der Waals surface area contributed by atoms with Gasteiger partial charge in [0.1, 0.15) is 0 Å². The van der Waals surface area contributed by atoms with Crippen LogP contribution in [0.15, 0.2) is 42.5 Å². The molecule has 6 nitrogen and oxygen atoms in total. The number of nitrogens with zero attached hydrogens (tertiary/aromatic N) is 2. The summed E-state index contributed by atoms with van der Waals surface area (Å²) in [7, 11) is 0.867. The lowest BCUT2D eigenvalue weighted by molar-refractivity contribution is 0.0940. The molecule has 0 heterocycles. The van der Waals surface area contributed by atoms with Gasteiger partial charge in [0.2, 0.25) is 0 Å². The van der Waals surface area contributed by atoms with Gasteiger partial charge in [-0.2, -0.15) is 12.7 Å². The van der Waals surface area contributed by atoms with Gasteiger partial charge in [-0.05, 0) is 56.2 Å². The second-order valence-electron chi connectivity index (χ2n) is 6.86.